The highest BCUT2D eigenvalue weighted by molar-refractivity contribution is 6.30. The molecule has 34 heavy (non-hydrogen) atoms. The van der Waals surface area contributed by atoms with Gasteiger partial charge >= 0.3 is 0 Å². The van der Waals surface area contributed by atoms with Crippen molar-refractivity contribution in [3.05, 3.63) is 94.0 Å². The molecule has 5 nitrogen and oxygen atoms in total. The molecule has 7 heteroatoms. The number of halogens is 2. The van der Waals surface area contributed by atoms with Gasteiger partial charge in [0.25, 0.3) is 0 Å². The van der Waals surface area contributed by atoms with Crippen LogP contribution in [0.1, 0.15) is 17.2 Å². The molecule has 1 fully saturated rings. The summed E-state index contributed by atoms with van der Waals surface area (Å²) in [6.45, 7) is 4.29. The fourth-order valence-electron chi connectivity index (χ4n) is 4.28. The van der Waals surface area contributed by atoms with Crippen LogP contribution in [0.2, 0.25) is 10.0 Å². The van der Waals surface area contributed by atoms with E-state index >= 15 is 0 Å². The van der Waals surface area contributed by atoms with E-state index in [9.17, 15) is 5.11 Å². The zero-order valence-electron chi connectivity index (χ0n) is 19.2. The first-order valence-corrected chi connectivity index (χ1v) is 12.2. The van der Waals surface area contributed by atoms with Crippen molar-refractivity contribution in [1.29, 1.82) is 0 Å². The Kier molecular flexibility index (Phi) is 8.70. The fourth-order valence-corrected chi connectivity index (χ4v) is 4.53. The van der Waals surface area contributed by atoms with Crippen LogP contribution in [0.25, 0.3) is 0 Å². The molecule has 1 aliphatic heterocycles. The number of methoxy groups -OCH3 is 1. The van der Waals surface area contributed by atoms with Crippen molar-refractivity contribution in [3.63, 3.8) is 0 Å². The third-order valence-corrected chi connectivity index (χ3v) is 6.57. The Hall–Kier alpha value is -2.28. The smallest absolute Gasteiger partial charge is 0.142 e. The monoisotopic (exact) mass is 500 g/mol. The average Bonchev–Trinajstić information content (AvgIpc) is 2.86. The van der Waals surface area contributed by atoms with Gasteiger partial charge in [-0.05, 0) is 47.5 Å². The zero-order valence-corrected chi connectivity index (χ0v) is 20.8. The van der Waals surface area contributed by atoms with E-state index in [4.69, 9.17) is 32.7 Å². The van der Waals surface area contributed by atoms with Gasteiger partial charge in [0.15, 0.2) is 0 Å². The lowest BCUT2D eigenvalue weighted by molar-refractivity contribution is -0.00894. The van der Waals surface area contributed by atoms with Crippen LogP contribution in [-0.4, -0.2) is 62.6 Å². The number of aliphatic hydroxyl groups is 1. The number of β-amino-alcohol motifs (C(OH)–C–C–N with tert-alkyl or cyclic N) is 1. The van der Waals surface area contributed by atoms with E-state index in [2.05, 4.69) is 15.9 Å². The molecule has 0 saturated carbocycles. The molecule has 0 aromatic heterocycles. The molecule has 1 heterocycles. The minimum absolute atomic E-state index is 0.225. The number of nitrogens with zero attached hydrogens (tertiary/aromatic N) is 2. The summed E-state index contributed by atoms with van der Waals surface area (Å²) in [5, 5.41) is 12.1. The Morgan fingerprint density at radius 2 is 1.38 bits per heavy atom. The van der Waals surface area contributed by atoms with Crippen LogP contribution in [0.5, 0.6) is 5.75 Å². The van der Waals surface area contributed by atoms with Crippen molar-refractivity contribution in [2.24, 2.45) is 0 Å². The first-order chi connectivity index (χ1) is 16.5. The maximum Gasteiger partial charge on any atom is 0.142 e. The highest BCUT2D eigenvalue weighted by atomic mass is 35.5. The maximum absolute atomic E-state index is 10.8. The first-order valence-electron chi connectivity index (χ1n) is 11.4. The molecule has 0 aliphatic carbocycles. The second-order valence-electron chi connectivity index (χ2n) is 8.43. The molecule has 0 unspecified atom stereocenters. The molecule has 0 radical (unpaired) electrons. The molecule has 3 aromatic rings. The van der Waals surface area contributed by atoms with Crippen LogP contribution < -0.4 is 9.64 Å². The summed E-state index contributed by atoms with van der Waals surface area (Å²) >= 11 is 12.1. The van der Waals surface area contributed by atoms with Crippen molar-refractivity contribution >= 4 is 28.9 Å². The first kappa shape index (κ1) is 24.8. The minimum Gasteiger partial charge on any atom is -0.495 e. The lowest BCUT2D eigenvalue weighted by Crippen LogP contribution is -2.49. The lowest BCUT2D eigenvalue weighted by Gasteiger charge is -2.37. The summed E-state index contributed by atoms with van der Waals surface area (Å²) in [4.78, 5) is 4.61. The standard InChI is InChI=1S/C27H30Cl2N2O3/c1-33-26-5-3-2-4-25(26)31-16-14-30(15-17-31)18-24(32)19-34-27(20-6-10-22(28)11-7-20)21-8-12-23(29)13-9-21/h2-13,24,27,32H,14-19H2,1H3/t24-/m0/s1. The van der Waals surface area contributed by atoms with E-state index in [0.29, 0.717) is 16.6 Å². The second-order valence-corrected chi connectivity index (χ2v) is 9.30. The summed E-state index contributed by atoms with van der Waals surface area (Å²) < 4.78 is 11.7. The van der Waals surface area contributed by atoms with Gasteiger partial charge in [-0.1, -0.05) is 59.6 Å². The number of hydrogen-bond acceptors (Lipinski definition) is 5. The second kappa shape index (κ2) is 11.9. The van der Waals surface area contributed by atoms with Crippen molar-refractivity contribution in [1.82, 2.24) is 4.90 Å². The van der Waals surface area contributed by atoms with Gasteiger partial charge in [0, 0.05) is 42.8 Å². The molecule has 1 atom stereocenters. The lowest BCUT2D eigenvalue weighted by atomic mass is 10.0. The largest absolute Gasteiger partial charge is 0.495 e. The van der Waals surface area contributed by atoms with Crippen LogP contribution in [0.4, 0.5) is 5.69 Å². The number of piperazine rings is 1. The average molecular weight is 501 g/mol. The quantitative estimate of drug-likeness (QED) is 0.432. The molecular formula is C27H30Cl2N2O3. The molecule has 180 valence electrons. The molecule has 3 aromatic carbocycles. The molecule has 4 rings (SSSR count). The third-order valence-electron chi connectivity index (χ3n) is 6.07. The van der Waals surface area contributed by atoms with Crippen molar-refractivity contribution in [2.45, 2.75) is 12.2 Å². The summed E-state index contributed by atoms with van der Waals surface area (Å²) in [5.41, 5.74) is 3.07. The molecule has 1 saturated heterocycles. The number of aliphatic hydroxyl groups excluding tert-OH is 1. The topological polar surface area (TPSA) is 45.2 Å². The van der Waals surface area contributed by atoms with Crippen molar-refractivity contribution < 1.29 is 14.6 Å². The Morgan fingerprint density at radius 3 is 1.94 bits per heavy atom. The Balaban J connectivity index is 1.33. The highest BCUT2D eigenvalue weighted by Gasteiger charge is 2.23. The zero-order chi connectivity index (χ0) is 23.9. The van der Waals surface area contributed by atoms with Gasteiger partial charge in [-0.3, -0.25) is 4.90 Å². The predicted octanol–water partition coefficient (Wildman–Crippen LogP) is 5.29. The Labute approximate surface area is 211 Å². The van der Waals surface area contributed by atoms with Gasteiger partial charge in [0.1, 0.15) is 11.9 Å². The van der Waals surface area contributed by atoms with Crippen LogP contribution in [0.3, 0.4) is 0 Å². The number of anilines is 1. The van der Waals surface area contributed by atoms with E-state index in [-0.39, 0.29) is 12.7 Å². The molecular weight excluding hydrogens is 471 g/mol. The molecule has 0 amide bonds. The Morgan fingerprint density at radius 1 is 0.824 bits per heavy atom. The molecule has 0 bridgehead atoms. The fraction of sp³-hybridized carbons (Fsp3) is 0.333. The van der Waals surface area contributed by atoms with Crippen LogP contribution in [0.15, 0.2) is 72.8 Å². The van der Waals surface area contributed by atoms with E-state index < -0.39 is 6.10 Å². The number of rotatable bonds is 9. The number of ether oxygens (including phenoxy) is 2. The third kappa shape index (κ3) is 6.44. The van der Waals surface area contributed by atoms with Gasteiger partial charge in [-0.2, -0.15) is 0 Å². The van der Waals surface area contributed by atoms with Crippen LogP contribution in [-0.2, 0) is 4.74 Å². The van der Waals surface area contributed by atoms with Crippen molar-refractivity contribution in [3.8, 4) is 5.75 Å². The van der Waals surface area contributed by atoms with E-state index in [0.717, 1.165) is 48.7 Å². The van der Waals surface area contributed by atoms with Gasteiger partial charge in [-0.15, -0.1) is 0 Å². The van der Waals surface area contributed by atoms with Crippen LogP contribution >= 0.6 is 23.2 Å². The molecule has 0 spiro atoms. The van der Waals surface area contributed by atoms with E-state index in [1.54, 1.807) is 7.11 Å². The Bertz CT molecular complexity index is 993. The van der Waals surface area contributed by atoms with E-state index in [1.807, 2.05) is 66.7 Å². The molecule has 1 aliphatic rings. The number of para-hydroxylation sites is 2. The van der Waals surface area contributed by atoms with Gasteiger partial charge in [0.05, 0.1) is 25.5 Å². The summed E-state index contributed by atoms with van der Waals surface area (Å²) in [5.74, 6) is 0.889. The maximum atomic E-state index is 10.8. The summed E-state index contributed by atoms with van der Waals surface area (Å²) in [6, 6.07) is 23.3. The van der Waals surface area contributed by atoms with Gasteiger partial charge in [0.2, 0.25) is 0 Å². The highest BCUT2D eigenvalue weighted by Crippen LogP contribution is 2.30. The number of hydrogen-bond donors (Lipinski definition) is 1. The van der Waals surface area contributed by atoms with Crippen LogP contribution in [0, 0.1) is 0 Å². The number of benzene rings is 3. The van der Waals surface area contributed by atoms with E-state index in [1.165, 1.54) is 0 Å². The van der Waals surface area contributed by atoms with Gasteiger partial charge in [-0.25, -0.2) is 0 Å². The SMILES string of the molecule is COc1ccccc1N1CCN(C[C@H](O)COC(c2ccc(Cl)cc2)c2ccc(Cl)cc2)CC1. The molecule has 1 N–H and O–H groups in total. The van der Waals surface area contributed by atoms with Gasteiger partial charge < -0.3 is 19.5 Å². The predicted molar refractivity (Wildman–Crippen MR) is 138 cm³/mol. The normalized spacial score (nSPS) is 15.5. The summed E-state index contributed by atoms with van der Waals surface area (Å²) in [7, 11) is 1.70. The van der Waals surface area contributed by atoms with Crippen molar-refractivity contribution in [2.75, 3.05) is 51.3 Å². The minimum atomic E-state index is -0.597. The summed E-state index contributed by atoms with van der Waals surface area (Å²) in [6.07, 6.45) is -0.911.